The maximum absolute atomic E-state index is 9.37. The standard InChI is InChI=1S/C10H13N3O2S/c1-15-9-5-7(3-4-8(9)14)6-12-13-10(11)16-2/h3-6,14H,1-2H3,(H2,11,13)/b12-6+. The molecule has 5 nitrogen and oxygen atoms in total. The van der Waals surface area contributed by atoms with Crippen LogP contribution in [0.3, 0.4) is 0 Å². The molecule has 0 bridgehead atoms. The van der Waals surface area contributed by atoms with E-state index >= 15 is 0 Å². The van der Waals surface area contributed by atoms with Gasteiger partial charge in [0.1, 0.15) is 0 Å². The zero-order valence-corrected chi connectivity index (χ0v) is 9.86. The minimum absolute atomic E-state index is 0.0896. The van der Waals surface area contributed by atoms with Crippen molar-refractivity contribution in [1.29, 1.82) is 0 Å². The third kappa shape index (κ3) is 3.47. The Balaban J connectivity index is 2.82. The summed E-state index contributed by atoms with van der Waals surface area (Å²) in [6.45, 7) is 0. The molecular weight excluding hydrogens is 226 g/mol. The molecule has 0 fully saturated rings. The highest BCUT2D eigenvalue weighted by Gasteiger charge is 2.00. The van der Waals surface area contributed by atoms with Gasteiger partial charge in [0.2, 0.25) is 0 Å². The van der Waals surface area contributed by atoms with E-state index in [1.165, 1.54) is 31.2 Å². The number of thioether (sulfide) groups is 1. The van der Waals surface area contributed by atoms with Crippen LogP contribution in [-0.2, 0) is 0 Å². The SMILES string of the molecule is COc1cc(/C=N/N=C(N)SC)ccc1O. The highest BCUT2D eigenvalue weighted by Crippen LogP contribution is 2.25. The zero-order valence-electron chi connectivity index (χ0n) is 9.04. The smallest absolute Gasteiger partial charge is 0.180 e. The van der Waals surface area contributed by atoms with E-state index in [-0.39, 0.29) is 5.75 Å². The zero-order chi connectivity index (χ0) is 12.0. The van der Waals surface area contributed by atoms with E-state index in [9.17, 15) is 5.11 Å². The van der Waals surface area contributed by atoms with Gasteiger partial charge in [0, 0.05) is 0 Å². The maximum Gasteiger partial charge on any atom is 0.180 e. The lowest BCUT2D eigenvalue weighted by Gasteiger charge is -2.02. The molecule has 0 heterocycles. The van der Waals surface area contributed by atoms with Gasteiger partial charge in [-0.3, -0.25) is 0 Å². The molecule has 1 aromatic carbocycles. The number of ether oxygens (including phenoxy) is 1. The van der Waals surface area contributed by atoms with Gasteiger partial charge in [-0.05, 0) is 30.0 Å². The lowest BCUT2D eigenvalue weighted by atomic mass is 10.2. The molecule has 1 aromatic rings. The molecule has 0 spiro atoms. The van der Waals surface area contributed by atoms with E-state index in [1.807, 2.05) is 6.26 Å². The Bertz CT molecular complexity index is 419. The van der Waals surface area contributed by atoms with E-state index in [2.05, 4.69) is 10.2 Å². The van der Waals surface area contributed by atoms with Crippen LogP contribution in [0.5, 0.6) is 11.5 Å². The predicted molar refractivity (Wildman–Crippen MR) is 67.4 cm³/mol. The Morgan fingerprint density at radius 1 is 1.56 bits per heavy atom. The second-order valence-electron chi connectivity index (χ2n) is 2.82. The molecule has 6 heteroatoms. The normalized spacial score (nSPS) is 12.0. The van der Waals surface area contributed by atoms with Crippen LogP contribution in [0, 0.1) is 0 Å². The summed E-state index contributed by atoms with van der Waals surface area (Å²) in [5, 5.41) is 17.3. The number of phenolic OH excluding ortho intramolecular Hbond substituents is 1. The Hall–Kier alpha value is -1.69. The molecule has 0 aromatic heterocycles. The van der Waals surface area contributed by atoms with Gasteiger partial charge < -0.3 is 15.6 Å². The number of hydrogen-bond acceptors (Lipinski definition) is 5. The summed E-state index contributed by atoms with van der Waals surface area (Å²) < 4.78 is 4.96. The van der Waals surface area contributed by atoms with Crippen molar-refractivity contribution in [3.63, 3.8) is 0 Å². The fourth-order valence-corrected chi connectivity index (χ4v) is 1.10. The van der Waals surface area contributed by atoms with Crippen LogP contribution >= 0.6 is 11.8 Å². The van der Waals surface area contributed by atoms with Crippen LogP contribution in [0.1, 0.15) is 5.56 Å². The third-order valence-electron chi connectivity index (χ3n) is 1.78. The fourth-order valence-electron chi connectivity index (χ4n) is 0.968. The second kappa shape index (κ2) is 6.02. The summed E-state index contributed by atoms with van der Waals surface area (Å²) in [6, 6.07) is 4.89. The molecule has 3 N–H and O–H groups in total. The molecule has 86 valence electrons. The van der Waals surface area contributed by atoms with Gasteiger partial charge in [0.25, 0.3) is 0 Å². The molecular formula is C10H13N3O2S. The summed E-state index contributed by atoms with van der Waals surface area (Å²) in [4.78, 5) is 0. The highest BCUT2D eigenvalue weighted by molar-refractivity contribution is 8.13. The largest absolute Gasteiger partial charge is 0.504 e. The molecule has 16 heavy (non-hydrogen) atoms. The molecule has 0 aliphatic heterocycles. The van der Waals surface area contributed by atoms with Crippen LogP contribution in [0.25, 0.3) is 0 Å². The summed E-state index contributed by atoms with van der Waals surface area (Å²) in [5.74, 6) is 0.484. The number of amidine groups is 1. The summed E-state index contributed by atoms with van der Waals surface area (Å²) in [7, 11) is 1.49. The third-order valence-corrected chi connectivity index (χ3v) is 2.28. The lowest BCUT2D eigenvalue weighted by molar-refractivity contribution is 0.373. The van der Waals surface area contributed by atoms with E-state index in [0.717, 1.165) is 5.56 Å². The number of aromatic hydroxyl groups is 1. The molecule has 0 saturated heterocycles. The van der Waals surface area contributed by atoms with Crippen molar-refractivity contribution in [3.8, 4) is 11.5 Å². The first-order chi connectivity index (χ1) is 7.67. The van der Waals surface area contributed by atoms with Gasteiger partial charge in [0.15, 0.2) is 16.7 Å². The quantitative estimate of drug-likeness (QED) is 0.475. The van der Waals surface area contributed by atoms with Crippen molar-refractivity contribution in [2.45, 2.75) is 0 Å². The van der Waals surface area contributed by atoms with Crippen molar-refractivity contribution in [2.24, 2.45) is 15.9 Å². The number of methoxy groups -OCH3 is 1. The first-order valence-corrected chi connectivity index (χ1v) is 5.67. The molecule has 0 radical (unpaired) electrons. The molecule has 0 unspecified atom stereocenters. The molecule has 1 rings (SSSR count). The minimum atomic E-state index is 0.0896. The Kier molecular flexibility index (Phi) is 4.65. The molecule has 0 amide bonds. The first kappa shape index (κ1) is 12.4. The number of hydrogen-bond donors (Lipinski definition) is 2. The molecule has 0 aliphatic rings. The van der Waals surface area contributed by atoms with Gasteiger partial charge >= 0.3 is 0 Å². The van der Waals surface area contributed by atoms with Gasteiger partial charge in [-0.25, -0.2) is 0 Å². The topological polar surface area (TPSA) is 80.2 Å². The fraction of sp³-hybridized carbons (Fsp3) is 0.200. The maximum atomic E-state index is 9.37. The van der Waals surface area contributed by atoms with Crippen LogP contribution in [-0.4, -0.2) is 29.9 Å². The molecule has 0 saturated carbocycles. The van der Waals surface area contributed by atoms with Crippen LogP contribution in [0.15, 0.2) is 28.4 Å². The van der Waals surface area contributed by atoms with Crippen LogP contribution in [0.2, 0.25) is 0 Å². The average Bonchev–Trinajstić information content (AvgIpc) is 2.31. The van der Waals surface area contributed by atoms with E-state index in [1.54, 1.807) is 12.1 Å². The van der Waals surface area contributed by atoms with Gasteiger partial charge in [-0.15, -0.1) is 5.10 Å². The summed E-state index contributed by atoms with van der Waals surface area (Å²) >= 11 is 1.32. The van der Waals surface area contributed by atoms with Gasteiger partial charge in [-0.1, -0.05) is 11.8 Å². The Morgan fingerprint density at radius 2 is 2.31 bits per heavy atom. The Morgan fingerprint density at radius 3 is 2.94 bits per heavy atom. The summed E-state index contributed by atoms with van der Waals surface area (Å²) in [5.41, 5.74) is 6.22. The van der Waals surface area contributed by atoms with Crippen LogP contribution < -0.4 is 10.5 Å². The minimum Gasteiger partial charge on any atom is -0.504 e. The Labute approximate surface area is 98.0 Å². The monoisotopic (exact) mass is 239 g/mol. The van der Waals surface area contributed by atoms with Crippen molar-refractivity contribution >= 4 is 23.1 Å². The highest BCUT2D eigenvalue weighted by atomic mass is 32.2. The van der Waals surface area contributed by atoms with Crippen molar-refractivity contribution in [1.82, 2.24) is 0 Å². The number of rotatable bonds is 3. The number of nitrogens with two attached hydrogens (primary N) is 1. The van der Waals surface area contributed by atoms with Crippen LogP contribution in [0.4, 0.5) is 0 Å². The first-order valence-electron chi connectivity index (χ1n) is 4.45. The lowest BCUT2D eigenvalue weighted by Crippen LogP contribution is -2.03. The van der Waals surface area contributed by atoms with Crippen molar-refractivity contribution < 1.29 is 9.84 Å². The van der Waals surface area contributed by atoms with Crippen molar-refractivity contribution in [3.05, 3.63) is 23.8 Å². The van der Waals surface area contributed by atoms with E-state index in [4.69, 9.17) is 10.5 Å². The number of benzene rings is 1. The molecule has 0 aliphatic carbocycles. The van der Waals surface area contributed by atoms with Crippen molar-refractivity contribution in [2.75, 3.05) is 13.4 Å². The summed E-state index contributed by atoms with van der Waals surface area (Å²) in [6.07, 6.45) is 3.35. The van der Waals surface area contributed by atoms with Gasteiger partial charge in [0.05, 0.1) is 13.3 Å². The predicted octanol–water partition coefficient (Wildman–Crippen LogP) is 1.41. The van der Waals surface area contributed by atoms with Gasteiger partial charge in [-0.2, -0.15) is 5.10 Å². The second-order valence-corrected chi connectivity index (χ2v) is 3.64. The van der Waals surface area contributed by atoms with E-state index in [0.29, 0.717) is 10.9 Å². The van der Waals surface area contributed by atoms with E-state index < -0.39 is 0 Å². The number of nitrogens with zero attached hydrogens (tertiary/aromatic N) is 2. The number of phenols is 1. The average molecular weight is 239 g/mol. The molecule has 0 atom stereocenters.